The van der Waals surface area contributed by atoms with Crippen molar-refractivity contribution >= 4 is 60.9 Å². The van der Waals surface area contributed by atoms with E-state index in [2.05, 4.69) is 4.99 Å². The first-order valence-electron chi connectivity index (χ1n) is 8.40. The Bertz CT molecular complexity index is 1250. The van der Waals surface area contributed by atoms with Crippen molar-refractivity contribution < 1.29 is 22.7 Å². The number of hydrogen-bond acceptors (Lipinski definition) is 7. The summed E-state index contributed by atoms with van der Waals surface area (Å²) in [5, 5.41) is 7.08. The van der Waals surface area contributed by atoms with E-state index in [1.54, 1.807) is 13.0 Å². The zero-order valence-electron chi connectivity index (χ0n) is 15.3. The molecule has 152 valence electrons. The Morgan fingerprint density at radius 1 is 1.31 bits per heavy atom. The Balaban J connectivity index is 2.07. The predicted octanol–water partition coefficient (Wildman–Crippen LogP) is 2.12. The highest BCUT2D eigenvalue weighted by Crippen LogP contribution is 2.21. The highest BCUT2D eigenvalue weighted by atomic mass is 32.2. The van der Waals surface area contributed by atoms with Gasteiger partial charge in [0, 0.05) is 11.0 Å². The third-order valence-electron chi connectivity index (χ3n) is 3.71. The van der Waals surface area contributed by atoms with E-state index in [0.717, 1.165) is 16.2 Å². The minimum Gasteiger partial charge on any atom is -0.465 e. The van der Waals surface area contributed by atoms with Gasteiger partial charge < -0.3 is 9.30 Å². The van der Waals surface area contributed by atoms with E-state index in [1.807, 2.05) is 17.5 Å². The van der Waals surface area contributed by atoms with Gasteiger partial charge >= 0.3 is 5.97 Å². The van der Waals surface area contributed by atoms with Crippen molar-refractivity contribution in [3.8, 4) is 0 Å². The van der Waals surface area contributed by atoms with Crippen LogP contribution in [0.4, 0.5) is 0 Å². The molecule has 8 nitrogen and oxygen atoms in total. The maximum Gasteiger partial charge on any atom is 0.326 e. The predicted molar refractivity (Wildman–Crippen MR) is 112 cm³/mol. The van der Waals surface area contributed by atoms with Gasteiger partial charge in [0.2, 0.25) is 10.0 Å². The van der Waals surface area contributed by atoms with E-state index in [-0.39, 0.29) is 22.8 Å². The third-order valence-corrected chi connectivity index (χ3v) is 6.50. The van der Waals surface area contributed by atoms with Crippen molar-refractivity contribution in [2.45, 2.75) is 18.4 Å². The number of sulfonamides is 1. The van der Waals surface area contributed by atoms with Crippen LogP contribution in [-0.4, -0.2) is 31.5 Å². The average molecular weight is 452 g/mol. The molecule has 1 aromatic carbocycles. The molecule has 2 heterocycles. The molecule has 0 bridgehead atoms. The van der Waals surface area contributed by atoms with Gasteiger partial charge in [-0.2, -0.15) is 4.99 Å². The molecule has 0 atom stereocenters. The van der Waals surface area contributed by atoms with Gasteiger partial charge in [-0.15, -0.1) is 11.3 Å². The maximum absolute atomic E-state index is 12.3. The fourth-order valence-corrected chi connectivity index (χ4v) is 4.78. The molecule has 2 N–H and O–H groups in total. The topological polar surface area (TPSA) is 121 Å². The van der Waals surface area contributed by atoms with Crippen LogP contribution in [0.2, 0.25) is 0 Å². The van der Waals surface area contributed by atoms with Crippen molar-refractivity contribution in [1.82, 2.24) is 4.57 Å². The quantitative estimate of drug-likeness (QED) is 0.454. The summed E-state index contributed by atoms with van der Waals surface area (Å²) in [6, 6.07) is 7.99. The van der Waals surface area contributed by atoms with Crippen LogP contribution in [0.5, 0.6) is 0 Å². The summed E-state index contributed by atoms with van der Waals surface area (Å²) in [5.41, 5.74) is 0.546. The second-order valence-electron chi connectivity index (χ2n) is 5.75. The number of aromatic nitrogens is 1. The highest BCUT2D eigenvalue weighted by Gasteiger charge is 2.15. The molecule has 0 saturated carbocycles. The number of nitrogens with two attached hydrogens (primary N) is 1. The Kier molecular flexibility index (Phi) is 6.42. The number of ether oxygens (including phenoxy) is 1. The fourth-order valence-electron chi connectivity index (χ4n) is 2.48. The number of thiazole rings is 1. The van der Waals surface area contributed by atoms with Gasteiger partial charge in [0.05, 0.1) is 21.7 Å². The molecule has 3 rings (SSSR count). The lowest BCUT2D eigenvalue weighted by atomic mass is 10.3. The number of esters is 1. The Labute approximate surface area is 174 Å². The molecule has 3 aromatic rings. The fraction of sp³-hybridized carbons (Fsp3) is 0.167. The van der Waals surface area contributed by atoms with Crippen LogP contribution in [0.25, 0.3) is 16.3 Å². The van der Waals surface area contributed by atoms with Gasteiger partial charge in [-0.1, -0.05) is 17.4 Å². The van der Waals surface area contributed by atoms with E-state index < -0.39 is 21.9 Å². The Morgan fingerprint density at radius 2 is 2.10 bits per heavy atom. The molecule has 0 aliphatic rings. The second-order valence-corrected chi connectivity index (χ2v) is 9.30. The van der Waals surface area contributed by atoms with E-state index >= 15 is 0 Å². The standard InChI is InChI=1S/C18H17N3O5S3/c1-2-26-17(23)11-21-14-7-6-13(29(19,24)25)10-15(14)28-18(21)20-16(22)8-5-12-4-3-9-27-12/h3-10H,2,11H2,1H3,(H2,19,24,25). The SMILES string of the molecule is CCOC(=O)Cn1c(=NC(=O)C=Cc2cccs2)sc2cc(S(N)(=O)=O)ccc21. The van der Waals surface area contributed by atoms with Crippen LogP contribution in [0.3, 0.4) is 0 Å². The van der Waals surface area contributed by atoms with E-state index in [4.69, 9.17) is 9.88 Å². The number of thiophene rings is 1. The number of amides is 1. The number of benzene rings is 1. The molecule has 0 fully saturated rings. The molecule has 1 amide bonds. The summed E-state index contributed by atoms with van der Waals surface area (Å²) in [7, 11) is -3.89. The highest BCUT2D eigenvalue weighted by molar-refractivity contribution is 7.89. The lowest BCUT2D eigenvalue weighted by Gasteiger charge is -2.05. The van der Waals surface area contributed by atoms with Crippen LogP contribution >= 0.6 is 22.7 Å². The largest absolute Gasteiger partial charge is 0.465 e. The van der Waals surface area contributed by atoms with Crippen LogP contribution in [0.15, 0.2) is 51.7 Å². The lowest BCUT2D eigenvalue weighted by Crippen LogP contribution is -2.22. The minimum atomic E-state index is -3.89. The van der Waals surface area contributed by atoms with Gasteiger partial charge in [0.15, 0.2) is 4.80 Å². The van der Waals surface area contributed by atoms with Gasteiger partial charge in [0.25, 0.3) is 5.91 Å². The van der Waals surface area contributed by atoms with Gasteiger partial charge in [-0.05, 0) is 42.6 Å². The normalized spacial score (nSPS) is 12.7. The summed E-state index contributed by atoms with van der Waals surface area (Å²) in [6.45, 7) is 1.74. The van der Waals surface area contributed by atoms with Crippen molar-refractivity contribution in [2.24, 2.45) is 10.1 Å². The molecule has 11 heteroatoms. The second kappa shape index (κ2) is 8.82. The van der Waals surface area contributed by atoms with E-state index in [9.17, 15) is 18.0 Å². The maximum atomic E-state index is 12.3. The molecular formula is C18H17N3O5S3. The molecule has 0 unspecified atom stereocenters. The molecule has 0 spiro atoms. The number of rotatable bonds is 6. The number of carbonyl (C=O) groups excluding carboxylic acids is 2. The molecular weight excluding hydrogens is 434 g/mol. The molecule has 0 aliphatic carbocycles. The monoisotopic (exact) mass is 451 g/mol. The summed E-state index contributed by atoms with van der Waals surface area (Å²) < 4.78 is 30.3. The van der Waals surface area contributed by atoms with Gasteiger partial charge in [-0.25, -0.2) is 13.6 Å². The summed E-state index contributed by atoms with van der Waals surface area (Å²) in [6.07, 6.45) is 2.99. The minimum absolute atomic E-state index is 0.0648. The van der Waals surface area contributed by atoms with Crippen LogP contribution in [-0.2, 0) is 30.9 Å². The number of carbonyl (C=O) groups is 2. The molecule has 0 aliphatic heterocycles. The zero-order valence-corrected chi connectivity index (χ0v) is 17.7. The molecule has 29 heavy (non-hydrogen) atoms. The summed E-state index contributed by atoms with van der Waals surface area (Å²) >= 11 is 2.57. The van der Waals surface area contributed by atoms with Crippen LogP contribution in [0, 0.1) is 0 Å². The molecule has 2 aromatic heterocycles. The van der Waals surface area contributed by atoms with Crippen LogP contribution < -0.4 is 9.94 Å². The van der Waals surface area contributed by atoms with Crippen molar-refractivity contribution in [1.29, 1.82) is 0 Å². The number of nitrogens with zero attached hydrogens (tertiary/aromatic N) is 2. The zero-order chi connectivity index (χ0) is 21.0. The lowest BCUT2D eigenvalue weighted by molar-refractivity contribution is -0.143. The van der Waals surface area contributed by atoms with Crippen molar-refractivity contribution in [3.05, 3.63) is 51.5 Å². The van der Waals surface area contributed by atoms with Crippen molar-refractivity contribution in [2.75, 3.05) is 6.61 Å². The van der Waals surface area contributed by atoms with E-state index in [0.29, 0.717) is 10.2 Å². The number of hydrogen-bond donors (Lipinski definition) is 1. The molecule has 0 saturated heterocycles. The average Bonchev–Trinajstić information content (AvgIpc) is 3.27. The van der Waals surface area contributed by atoms with Crippen LogP contribution in [0.1, 0.15) is 11.8 Å². The number of fused-ring (bicyclic) bond motifs is 1. The van der Waals surface area contributed by atoms with Gasteiger partial charge in [-0.3, -0.25) is 9.59 Å². The summed E-state index contributed by atoms with van der Waals surface area (Å²) in [5.74, 6) is -1.00. The Morgan fingerprint density at radius 3 is 2.76 bits per heavy atom. The first-order valence-corrected chi connectivity index (χ1v) is 11.6. The smallest absolute Gasteiger partial charge is 0.326 e. The first kappa shape index (κ1) is 21.1. The number of primary sulfonamides is 1. The van der Waals surface area contributed by atoms with E-state index in [1.165, 1.54) is 40.2 Å². The van der Waals surface area contributed by atoms with Gasteiger partial charge in [0.1, 0.15) is 6.54 Å². The third kappa shape index (κ3) is 5.26. The summed E-state index contributed by atoms with van der Waals surface area (Å²) in [4.78, 5) is 29.5. The molecule has 0 radical (unpaired) electrons. The first-order chi connectivity index (χ1) is 13.8. The van der Waals surface area contributed by atoms with Crippen molar-refractivity contribution in [3.63, 3.8) is 0 Å². The Hall–Kier alpha value is -2.60.